The lowest BCUT2D eigenvalue weighted by Gasteiger charge is -2.30. The molecule has 2 rings (SSSR count). The van der Waals surface area contributed by atoms with Crippen molar-refractivity contribution in [1.29, 1.82) is 0 Å². The quantitative estimate of drug-likeness (QED) is 0.605. The van der Waals surface area contributed by atoms with Crippen molar-refractivity contribution in [2.24, 2.45) is 5.84 Å². The second-order valence-corrected chi connectivity index (χ2v) is 6.30. The minimum atomic E-state index is -3.48. The summed E-state index contributed by atoms with van der Waals surface area (Å²) in [6.45, 7) is 0.934. The maximum atomic E-state index is 12.4. The van der Waals surface area contributed by atoms with Crippen molar-refractivity contribution in [2.45, 2.75) is 23.8 Å². The Kier molecular flexibility index (Phi) is 4.35. The highest BCUT2D eigenvalue weighted by Gasteiger charge is 2.29. The van der Waals surface area contributed by atoms with Gasteiger partial charge in [0.1, 0.15) is 5.82 Å². The van der Waals surface area contributed by atoms with Crippen LogP contribution in [0.1, 0.15) is 12.8 Å². The molecule has 1 fully saturated rings. The molecule has 1 aliphatic heterocycles. The zero-order valence-corrected chi connectivity index (χ0v) is 11.6. The van der Waals surface area contributed by atoms with E-state index in [0.29, 0.717) is 31.7 Å². The standard InChI is InChI=1S/C11H18N4O3S/c1-18-9-3-6-15(7-4-9)19(16,17)10-2-5-13-11(8-10)14-12/h2,5,8-9H,3-4,6-7,12H2,1H3,(H,13,14). The molecule has 0 bridgehead atoms. The van der Waals surface area contributed by atoms with Crippen LogP contribution in [0, 0.1) is 0 Å². The summed E-state index contributed by atoms with van der Waals surface area (Å²) in [5.41, 5.74) is 2.34. The Hall–Kier alpha value is -1.22. The Bertz CT molecular complexity index is 526. The van der Waals surface area contributed by atoms with Crippen molar-refractivity contribution >= 4 is 15.8 Å². The minimum Gasteiger partial charge on any atom is -0.381 e. The first-order valence-electron chi connectivity index (χ1n) is 6.03. The average Bonchev–Trinajstić information content (AvgIpc) is 2.47. The molecule has 1 saturated heterocycles. The number of rotatable bonds is 4. The van der Waals surface area contributed by atoms with E-state index >= 15 is 0 Å². The fourth-order valence-electron chi connectivity index (χ4n) is 2.11. The third kappa shape index (κ3) is 3.03. The van der Waals surface area contributed by atoms with Crippen LogP contribution in [0.3, 0.4) is 0 Å². The molecular weight excluding hydrogens is 268 g/mol. The molecule has 0 amide bonds. The van der Waals surface area contributed by atoms with E-state index in [0.717, 1.165) is 0 Å². The summed E-state index contributed by atoms with van der Waals surface area (Å²) in [6, 6.07) is 2.90. The number of nitrogens with zero attached hydrogens (tertiary/aromatic N) is 2. The van der Waals surface area contributed by atoms with E-state index in [1.807, 2.05) is 0 Å². The number of anilines is 1. The molecule has 2 heterocycles. The van der Waals surface area contributed by atoms with Crippen LogP contribution in [0.2, 0.25) is 0 Å². The van der Waals surface area contributed by atoms with Gasteiger partial charge in [0, 0.05) is 32.5 Å². The summed E-state index contributed by atoms with van der Waals surface area (Å²) in [7, 11) is -1.83. The van der Waals surface area contributed by atoms with Crippen LogP contribution in [0.4, 0.5) is 5.82 Å². The zero-order chi connectivity index (χ0) is 13.9. The molecule has 0 spiro atoms. The number of sulfonamides is 1. The largest absolute Gasteiger partial charge is 0.381 e. The fourth-order valence-corrected chi connectivity index (χ4v) is 3.59. The van der Waals surface area contributed by atoms with Gasteiger partial charge >= 0.3 is 0 Å². The highest BCUT2D eigenvalue weighted by molar-refractivity contribution is 7.89. The topological polar surface area (TPSA) is 97.5 Å². The average molecular weight is 286 g/mol. The molecule has 0 atom stereocenters. The van der Waals surface area contributed by atoms with Crippen LogP contribution in [0.25, 0.3) is 0 Å². The summed E-state index contributed by atoms with van der Waals surface area (Å²) in [5.74, 6) is 5.57. The van der Waals surface area contributed by atoms with Crippen LogP contribution in [-0.2, 0) is 14.8 Å². The summed E-state index contributed by atoms with van der Waals surface area (Å²) >= 11 is 0. The van der Waals surface area contributed by atoms with Gasteiger partial charge in [0.2, 0.25) is 10.0 Å². The summed E-state index contributed by atoms with van der Waals surface area (Å²) < 4.78 is 31.6. The van der Waals surface area contributed by atoms with Gasteiger partial charge in [-0.05, 0) is 18.9 Å². The molecule has 0 aromatic carbocycles. The highest BCUT2D eigenvalue weighted by atomic mass is 32.2. The maximum absolute atomic E-state index is 12.4. The summed E-state index contributed by atoms with van der Waals surface area (Å²) in [6.07, 6.45) is 2.99. The summed E-state index contributed by atoms with van der Waals surface area (Å²) in [5, 5.41) is 0. The monoisotopic (exact) mass is 286 g/mol. The molecule has 1 aromatic rings. The van der Waals surface area contributed by atoms with E-state index in [9.17, 15) is 8.42 Å². The number of aromatic nitrogens is 1. The number of methoxy groups -OCH3 is 1. The van der Waals surface area contributed by atoms with Gasteiger partial charge in [-0.3, -0.25) is 0 Å². The first-order chi connectivity index (χ1) is 9.07. The van der Waals surface area contributed by atoms with E-state index in [2.05, 4.69) is 10.4 Å². The first kappa shape index (κ1) is 14.2. The molecule has 7 nitrogen and oxygen atoms in total. The SMILES string of the molecule is COC1CCN(S(=O)(=O)c2ccnc(NN)c2)CC1. The van der Waals surface area contributed by atoms with Gasteiger partial charge in [-0.2, -0.15) is 4.31 Å². The van der Waals surface area contributed by atoms with Crippen molar-refractivity contribution in [3.63, 3.8) is 0 Å². The molecule has 0 unspecified atom stereocenters. The van der Waals surface area contributed by atoms with Crippen molar-refractivity contribution in [2.75, 3.05) is 25.6 Å². The molecule has 8 heteroatoms. The van der Waals surface area contributed by atoms with Gasteiger partial charge in [0.15, 0.2) is 0 Å². The molecule has 106 valence electrons. The van der Waals surface area contributed by atoms with Crippen molar-refractivity contribution in [3.8, 4) is 0 Å². The van der Waals surface area contributed by atoms with Gasteiger partial charge in [0.25, 0.3) is 0 Å². The van der Waals surface area contributed by atoms with E-state index in [1.165, 1.54) is 22.6 Å². The molecule has 0 saturated carbocycles. The number of piperidine rings is 1. The lowest BCUT2D eigenvalue weighted by Crippen LogP contribution is -2.40. The number of hydrogen-bond donors (Lipinski definition) is 2. The Morgan fingerprint density at radius 3 is 2.74 bits per heavy atom. The number of hydrogen-bond acceptors (Lipinski definition) is 6. The first-order valence-corrected chi connectivity index (χ1v) is 7.47. The number of nitrogens with one attached hydrogen (secondary N) is 1. The lowest BCUT2D eigenvalue weighted by atomic mass is 10.1. The van der Waals surface area contributed by atoms with Gasteiger partial charge < -0.3 is 10.2 Å². The van der Waals surface area contributed by atoms with Gasteiger partial charge in [-0.25, -0.2) is 19.2 Å². The molecule has 1 aromatic heterocycles. The zero-order valence-electron chi connectivity index (χ0n) is 10.7. The third-order valence-electron chi connectivity index (χ3n) is 3.25. The van der Waals surface area contributed by atoms with E-state index in [1.54, 1.807) is 7.11 Å². The Morgan fingerprint density at radius 2 is 2.16 bits per heavy atom. The smallest absolute Gasteiger partial charge is 0.243 e. The Balaban J connectivity index is 2.18. The van der Waals surface area contributed by atoms with Gasteiger partial charge in [0.05, 0.1) is 11.0 Å². The summed E-state index contributed by atoms with van der Waals surface area (Å²) in [4.78, 5) is 4.10. The molecule has 0 radical (unpaired) electrons. The predicted molar refractivity (Wildman–Crippen MR) is 70.8 cm³/mol. The van der Waals surface area contributed by atoms with E-state index in [-0.39, 0.29) is 11.0 Å². The molecule has 19 heavy (non-hydrogen) atoms. The number of nitrogen functional groups attached to an aromatic ring is 1. The highest BCUT2D eigenvalue weighted by Crippen LogP contribution is 2.22. The molecule has 0 aliphatic carbocycles. The van der Waals surface area contributed by atoms with Gasteiger partial charge in [-0.15, -0.1) is 0 Å². The number of pyridine rings is 1. The van der Waals surface area contributed by atoms with Crippen LogP contribution < -0.4 is 11.3 Å². The lowest BCUT2D eigenvalue weighted by molar-refractivity contribution is 0.0604. The van der Waals surface area contributed by atoms with Crippen LogP contribution in [0.5, 0.6) is 0 Å². The van der Waals surface area contributed by atoms with E-state index < -0.39 is 10.0 Å². The number of ether oxygens (including phenoxy) is 1. The number of nitrogens with two attached hydrogens (primary N) is 1. The normalized spacial score (nSPS) is 18.4. The second kappa shape index (κ2) is 5.83. The Labute approximate surface area is 112 Å². The van der Waals surface area contributed by atoms with Crippen LogP contribution >= 0.6 is 0 Å². The van der Waals surface area contributed by atoms with Crippen LogP contribution in [-0.4, -0.2) is 44.0 Å². The molecule has 3 N–H and O–H groups in total. The molecular formula is C11H18N4O3S. The Morgan fingerprint density at radius 1 is 1.47 bits per heavy atom. The van der Waals surface area contributed by atoms with Crippen molar-refractivity contribution in [3.05, 3.63) is 18.3 Å². The minimum absolute atomic E-state index is 0.144. The van der Waals surface area contributed by atoms with Gasteiger partial charge in [-0.1, -0.05) is 0 Å². The van der Waals surface area contributed by atoms with Crippen molar-refractivity contribution in [1.82, 2.24) is 9.29 Å². The predicted octanol–water partition coefficient (Wildman–Crippen LogP) is 0.167. The molecule has 1 aliphatic rings. The number of hydrazine groups is 1. The third-order valence-corrected chi connectivity index (χ3v) is 5.15. The van der Waals surface area contributed by atoms with E-state index in [4.69, 9.17) is 10.6 Å². The second-order valence-electron chi connectivity index (χ2n) is 4.36. The van der Waals surface area contributed by atoms with Crippen LogP contribution in [0.15, 0.2) is 23.2 Å². The van der Waals surface area contributed by atoms with Crippen molar-refractivity contribution < 1.29 is 13.2 Å². The maximum Gasteiger partial charge on any atom is 0.243 e. The fraction of sp³-hybridized carbons (Fsp3) is 0.545.